The first kappa shape index (κ1) is 24.3. The number of aromatic nitrogens is 2. The highest BCUT2D eigenvalue weighted by Crippen LogP contribution is 2.68. The zero-order valence-electron chi connectivity index (χ0n) is 18.7. The molecule has 0 bridgehead atoms. The lowest BCUT2D eigenvalue weighted by molar-refractivity contribution is 0.0885. The number of carbonyl (C=O) groups is 1. The minimum Gasteiger partial charge on any atom is -0.471 e. The molecule has 1 aliphatic heterocycles. The topological polar surface area (TPSA) is 112 Å². The van der Waals surface area contributed by atoms with Gasteiger partial charge in [0.25, 0.3) is 12.3 Å². The van der Waals surface area contributed by atoms with Crippen LogP contribution in [0.1, 0.15) is 36.3 Å². The van der Waals surface area contributed by atoms with Crippen molar-refractivity contribution in [3.8, 4) is 5.88 Å². The number of amidine groups is 1. The summed E-state index contributed by atoms with van der Waals surface area (Å²) in [4.78, 5) is 25.1. The van der Waals surface area contributed by atoms with Gasteiger partial charge >= 0.3 is 0 Å². The van der Waals surface area contributed by atoms with Crippen LogP contribution in [-0.4, -0.2) is 52.0 Å². The van der Waals surface area contributed by atoms with Crippen LogP contribution in [0.15, 0.2) is 35.6 Å². The molecule has 1 saturated carbocycles. The minimum absolute atomic E-state index is 0.0113. The zero-order valence-corrected chi connectivity index (χ0v) is 19.5. The molecule has 4 atom stereocenters. The fourth-order valence-electron chi connectivity index (χ4n) is 4.26. The number of fused-ring (bicyclic) bond motifs is 1. The number of halogens is 3. The Kier molecular flexibility index (Phi) is 6.47. The van der Waals surface area contributed by atoms with Crippen molar-refractivity contribution < 1.29 is 27.4 Å². The molecule has 0 saturated heterocycles. The lowest BCUT2D eigenvalue weighted by Gasteiger charge is -2.34. The molecule has 8 nitrogen and oxygen atoms in total. The predicted molar refractivity (Wildman–Crippen MR) is 122 cm³/mol. The molecule has 1 amide bonds. The number of ether oxygens (including phenoxy) is 2. The lowest BCUT2D eigenvalue weighted by atomic mass is 9.85. The van der Waals surface area contributed by atoms with Crippen molar-refractivity contribution in [1.82, 2.24) is 9.97 Å². The van der Waals surface area contributed by atoms with Gasteiger partial charge in [-0.2, -0.15) is 0 Å². The van der Waals surface area contributed by atoms with Crippen LogP contribution >= 0.6 is 11.8 Å². The Labute approximate surface area is 198 Å². The molecule has 12 heteroatoms. The number of benzene rings is 1. The van der Waals surface area contributed by atoms with Crippen LogP contribution in [0.4, 0.5) is 18.9 Å². The number of rotatable bonds is 8. The van der Waals surface area contributed by atoms with Gasteiger partial charge in [0, 0.05) is 24.3 Å². The summed E-state index contributed by atoms with van der Waals surface area (Å²) in [5.41, 5.74) is 4.92. The average molecular weight is 496 g/mol. The highest BCUT2D eigenvalue weighted by Gasteiger charge is 2.71. The number of aliphatic imine (C=N–C) groups is 1. The minimum atomic E-state index is -2.62. The summed E-state index contributed by atoms with van der Waals surface area (Å²) < 4.78 is 51.5. The summed E-state index contributed by atoms with van der Waals surface area (Å²) in [5, 5.41) is 2.62. The van der Waals surface area contributed by atoms with Crippen molar-refractivity contribution in [1.29, 1.82) is 0 Å². The van der Waals surface area contributed by atoms with E-state index in [2.05, 4.69) is 20.3 Å². The second-order valence-corrected chi connectivity index (χ2v) is 9.87. The first-order valence-corrected chi connectivity index (χ1v) is 11.3. The molecule has 2 aliphatic rings. The van der Waals surface area contributed by atoms with Gasteiger partial charge in [0.1, 0.15) is 17.6 Å². The molecule has 0 spiro atoms. The molecule has 1 unspecified atom stereocenters. The molecular formula is C22H24F3N5O3S. The monoisotopic (exact) mass is 495 g/mol. The van der Waals surface area contributed by atoms with Crippen LogP contribution in [0.25, 0.3) is 0 Å². The standard InChI is InChI=1S/C22H24F3N5O3S/c1-11(10-32-3)33-17-9-27-15(8-28-17)18(31)29-12-4-5-14(23)13(6-12)21(2)16-7-22(16,19(24)25)34-20(26)30-21/h4-6,8-9,11,16,19H,7,10H2,1-3H3,(H2,26,30)(H,29,31)/t11-,16?,21+,22-/m0/s1. The van der Waals surface area contributed by atoms with Crippen LogP contribution in [0, 0.1) is 11.7 Å². The summed E-state index contributed by atoms with van der Waals surface area (Å²) in [6.45, 7) is 3.75. The number of carbonyl (C=O) groups excluding carboxylic acids is 1. The van der Waals surface area contributed by atoms with Crippen molar-refractivity contribution in [3.63, 3.8) is 0 Å². The molecule has 34 heavy (non-hydrogen) atoms. The number of amides is 1. The van der Waals surface area contributed by atoms with Gasteiger partial charge < -0.3 is 20.5 Å². The van der Waals surface area contributed by atoms with Crippen molar-refractivity contribution in [2.45, 2.75) is 43.1 Å². The SMILES string of the molecule is COC[C@H](C)Oc1cnc(C(=O)Nc2ccc(F)c([C@@]3(C)N=C(N)S[C@@]4(C(F)F)CC43)c2)cn1. The molecule has 2 heterocycles. The summed E-state index contributed by atoms with van der Waals surface area (Å²) in [7, 11) is 1.55. The third-order valence-corrected chi connectivity index (χ3v) is 7.30. The Hall–Kier alpha value is -2.86. The van der Waals surface area contributed by atoms with E-state index in [1.165, 1.54) is 24.5 Å². The van der Waals surface area contributed by atoms with Gasteiger partial charge in [0.15, 0.2) is 5.17 Å². The van der Waals surface area contributed by atoms with E-state index < -0.39 is 34.4 Å². The first-order valence-electron chi connectivity index (χ1n) is 10.5. The summed E-state index contributed by atoms with van der Waals surface area (Å²) >= 11 is 0.846. The van der Waals surface area contributed by atoms with Crippen LogP contribution in [0.5, 0.6) is 5.88 Å². The van der Waals surface area contributed by atoms with Gasteiger partial charge in [0.2, 0.25) is 5.88 Å². The number of alkyl halides is 2. The highest BCUT2D eigenvalue weighted by atomic mass is 32.2. The maximum absolute atomic E-state index is 14.8. The third kappa shape index (κ3) is 4.43. The number of anilines is 1. The molecule has 3 N–H and O–H groups in total. The normalized spacial score (nSPS) is 26.4. The molecule has 1 aliphatic carbocycles. The number of hydrogen-bond donors (Lipinski definition) is 2. The summed E-state index contributed by atoms with van der Waals surface area (Å²) in [5.74, 6) is -1.56. The maximum atomic E-state index is 14.8. The van der Waals surface area contributed by atoms with Crippen LogP contribution < -0.4 is 15.8 Å². The molecule has 2 aromatic rings. The quantitative estimate of drug-likeness (QED) is 0.576. The van der Waals surface area contributed by atoms with E-state index in [1.807, 2.05) is 0 Å². The Morgan fingerprint density at radius 2 is 2.12 bits per heavy atom. The average Bonchev–Trinajstić information content (AvgIpc) is 3.52. The van der Waals surface area contributed by atoms with E-state index in [1.54, 1.807) is 21.0 Å². The number of nitrogens with one attached hydrogen (secondary N) is 1. The van der Waals surface area contributed by atoms with Crippen LogP contribution in [0.2, 0.25) is 0 Å². The number of nitrogens with two attached hydrogens (primary N) is 1. The summed E-state index contributed by atoms with van der Waals surface area (Å²) in [6, 6.07) is 3.93. The van der Waals surface area contributed by atoms with Gasteiger partial charge in [-0.05, 0) is 38.5 Å². The second-order valence-electron chi connectivity index (χ2n) is 8.48. The second kappa shape index (κ2) is 9.06. The number of nitrogens with zero attached hydrogens (tertiary/aromatic N) is 3. The Morgan fingerprint density at radius 3 is 2.76 bits per heavy atom. The Bertz CT molecular complexity index is 1120. The van der Waals surface area contributed by atoms with E-state index >= 15 is 0 Å². The third-order valence-electron chi connectivity index (χ3n) is 5.99. The largest absolute Gasteiger partial charge is 0.471 e. The van der Waals surface area contributed by atoms with Gasteiger partial charge in [-0.3, -0.25) is 9.79 Å². The molecular weight excluding hydrogens is 471 g/mol. The number of methoxy groups -OCH3 is 1. The Balaban J connectivity index is 1.53. The molecule has 0 radical (unpaired) electrons. The van der Waals surface area contributed by atoms with E-state index in [0.717, 1.165) is 17.8 Å². The number of hydrogen-bond acceptors (Lipinski definition) is 8. The van der Waals surface area contributed by atoms with Gasteiger partial charge in [-0.25, -0.2) is 23.1 Å². The number of thioether (sulfide) groups is 1. The van der Waals surface area contributed by atoms with Gasteiger partial charge in [0.05, 0.1) is 29.3 Å². The van der Waals surface area contributed by atoms with Crippen molar-refractivity contribution in [2.75, 3.05) is 19.0 Å². The molecule has 4 rings (SSSR count). The van der Waals surface area contributed by atoms with Crippen molar-refractivity contribution >= 4 is 28.5 Å². The zero-order chi connectivity index (χ0) is 24.7. The Morgan fingerprint density at radius 1 is 1.35 bits per heavy atom. The predicted octanol–water partition coefficient (Wildman–Crippen LogP) is 3.58. The molecule has 182 valence electrons. The smallest absolute Gasteiger partial charge is 0.275 e. The van der Waals surface area contributed by atoms with Crippen LogP contribution in [0.3, 0.4) is 0 Å². The van der Waals surface area contributed by atoms with E-state index in [-0.39, 0.29) is 40.5 Å². The molecule has 1 aromatic heterocycles. The van der Waals surface area contributed by atoms with E-state index in [0.29, 0.717) is 6.61 Å². The van der Waals surface area contributed by atoms with Gasteiger partial charge in [-0.1, -0.05) is 11.8 Å². The fraction of sp³-hybridized carbons (Fsp3) is 0.455. The van der Waals surface area contributed by atoms with Gasteiger partial charge in [-0.15, -0.1) is 0 Å². The summed E-state index contributed by atoms with van der Waals surface area (Å²) in [6.07, 6.45) is -0.139. The molecule has 1 fully saturated rings. The van der Waals surface area contributed by atoms with E-state index in [9.17, 15) is 18.0 Å². The highest BCUT2D eigenvalue weighted by molar-refractivity contribution is 8.15. The maximum Gasteiger partial charge on any atom is 0.275 e. The molecule has 1 aromatic carbocycles. The first-order chi connectivity index (χ1) is 16.1. The van der Waals surface area contributed by atoms with Crippen molar-refractivity contribution in [2.24, 2.45) is 16.6 Å². The lowest BCUT2D eigenvalue weighted by Crippen LogP contribution is -2.38. The van der Waals surface area contributed by atoms with Crippen LogP contribution in [-0.2, 0) is 10.3 Å². The van der Waals surface area contributed by atoms with E-state index in [4.69, 9.17) is 15.2 Å². The van der Waals surface area contributed by atoms with Crippen molar-refractivity contribution in [3.05, 3.63) is 47.7 Å². The fourth-order valence-corrected chi connectivity index (χ4v) is 5.60.